The van der Waals surface area contributed by atoms with Gasteiger partial charge in [-0.15, -0.1) is 6.58 Å². The van der Waals surface area contributed by atoms with Crippen LogP contribution in [-0.2, 0) is 11.3 Å². The molecule has 1 aromatic heterocycles. The van der Waals surface area contributed by atoms with Crippen LogP contribution in [0.15, 0.2) is 66.0 Å². The summed E-state index contributed by atoms with van der Waals surface area (Å²) in [6, 6.07) is 12.0. The Morgan fingerprint density at radius 3 is 2.69 bits per heavy atom. The Morgan fingerprint density at radius 2 is 2.06 bits per heavy atom. The smallest absolute Gasteiger partial charge is 0.104 e. The number of hydrogen-bond acceptors (Lipinski definition) is 2. The van der Waals surface area contributed by atoms with E-state index in [9.17, 15) is 0 Å². The fourth-order valence-electron chi connectivity index (χ4n) is 1.50. The molecule has 0 radical (unpaired) electrons. The fraction of sp³-hybridized carbons (Fsp3) is 0.143. The molecule has 82 valence electrons. The van der Waals surface area contributed by atoms with Crippen LogP contribution < -0.4 is 0 Å². The molecular weight excluding hydrogens is 200 g/mol. The van der Waals surface area contributed by atoms with E-state index in [1.165, 1.54) is 0 Å². The van der Waals surface area contributed by atoms with Crippen LogP contribution in [0.1, 0.15) is 17.2 Å². The Morgan fingerprint density at radius 1 is 1.25 bits per heavy atom. The zero-order valence-corrected chi connectivity index (χ0v) is 9.00. The molecule has 0 aliphatic heterocycles. The third-order valence-corrected chi connectivity index (χ3v) is 2.36. The van der Waals surface area contributed by atoms with Crippen molar-refractivity contribution in [3.05, 3.63) is 72.7 Å². The molecule has 1 atom stereocenters. The van der Waals surface area contributed by atoms with E-state index >= 15 is 0 Å². The van der Waals surface area contributed by atoms with E-state index in [4.69, 9.17) is 9.15 Å². The standard InChI is InChI=1S/C14H14O2/c1-2-14(13-8-9-15-11-13)16-10-12-6-4-3-5-7-12/h2-9,11,14H,1,10H2/t14-/m0/s1. The maximum Gasteiger partial charge on any atom is 0.104 e. The van der Waals surface area contributed by atoms with E-state index in [0.29, 0.717) is 6.61 Å². The number of furan rings is 1. The van der Waals surface area contributed by atoms with E-state index in [2.05, 4.69) is 6.58 Å². The van der Waals surface area contributed by atoms with Crippen molar-refractivity contribution < 1.29 is 9.15 Å². The maximum atomic E-state index is 5.74. The van der Waals surface area contributed by atoms with Crippen molar-refractivity contribution in [2.24, 2.45) is 0 Å². The van der Waals surface area contributed by atoms with Crippen LogP contribution in [0, 0.1) is 0 Å². The third-order valence-electron chi connectivity index (χ3n) is 2.36. The Labute approximate surface area is 95.2 Å². The lowest BCUT2D eigenvalue weighted by Crippen LogP contribution is -2.00. The molecule has 0 aliphatic carbocycles. The van der Waals surface area contributed by atoms with Gasteiger partial charge in [-0.25, -0.2) is 0 Å². The Kier molecular flexibility index (Phi) is 3.57. The zero-order valence-electron chi connectivity index (χ0n) is 9.00. The van der Waals surface area contributed by atoms with E-state index < -0.39 is 0 Å². The van der Waals surface area contributed by atoms with E-state index in [1.54, 1.807) is 18.6 Å². The van der Waals surface area contributed by atoms with Crippen LogP contribution in [0.3, 0.4) is 0 Å². The molecule has 1 aromatic carbocycles. The minimum atomic E-state index is -0.112. The summed E-state index contributed by atoms with van der Waals surface area (Å²) in [4.78, 5) is 0. The topological polar surface area (TPSA) is 22.4 Å². The highest BCUT2D eigenvalue weighted by atomic mass is 16.5. The van der Waals surface area contributed by atoms with Crippen LogP contribution in [0.25, 0.3) is 0 Å². The Bertz CT molecular complexity index is 417. The SMILES string of the molecule is C=C[C@H](OCc1ccccc1)c1ccoc1. The predicted octanol–water partition coefficient (Wildman–Crippen LogP) is 3.72. The van der Waals surface area contributed by atoms with Gasteiger partial charge in [0.15, 0.2) is 0 Å². The molecule has 2 rings (SSSR count). The first-order valence-electron chi connectivity index (χ1n) is 5.20. The van der Waals surface area contributed by atoms with Crippen molar-refractivity contribution >= 4 is 0 Å². The minimum absolute atomic E-state index is 0.112. The quantitative estimate of drug-likeness (QED) is 0.708. The van der Waals surface area contributed by atoms with Gasteiger partial charge in [0.2, 0.25) is 0 Å². The van der Waals surface area contributed by atoms with Crippen molar-refractivity contribution in [3.63, 3.8) is 0 Å². The molecule has 0 saturated heterocycles. The maximum absolute atomic E-state index is 5.74. The number of ether oxygens (including phenoxy) is 1. The van der Waals surface area contributed by atoms with Crippen LogP contribution in [0.4, 0.5) is 0 Å². The van der Waals surface area contributed by atoms with Gasteiger partial charge in [-0.05, 0) is 11.6 Å². The first-order valence-corrected chi connectivity index (χ1v) is 5.20. The van der Waals surface area contributed by atoms with Gasteiger partial charge >= 0.3 is 0 Å². The molecule has 0 bridgehead atoms. The second-order valence-corrected chi connectivity index (χ2v) is 3.51. The molecule has 0 spiro atoms. The molecule has 0 aliphatic rings. The Balaban J connectivity index is 1.96. The van der Waals surface area contributed by atoms with E-state index in [0.717, 1.165) is 11.1 Å². The van der Waals surface area contributed by atoms with Gasteiger partial charge in [0.1, 0.15) is 6.10 Å². The highest BCUT2D eigenvalue weighted by Gasteiger charge is 2.08. The molecule has 0 unspecified atom stereocenters. The summed E-state index contributed by atoms with van der Waals surface area (Å²) in [5.74, 6) is 0. The normalized spacial score (nSPS) is 12.2. The van der Waals surface area contributed by atoms with Gasteiger partial charge in [-0.3, -0.25) is 0 Å². The summed E-state index contributed by atoms with van der Waals surface area (Å²) < 4.78 is 10.8. The van der Waals surface area contributed by atoms with E-state index in [1.807, 2.05) is 36.4 Å². The lowest BCUT2D eigenvalue weighted by atomic mass is 10.2. The summed E-state index contributed by atoms with van der Waals surface area (Å²) in [5.41, 5.74) is 2.14. The summed E-state index contributed by atoms with van der Waals surface area (Å²) in [7, 11) is 0. The van der Waals surface area contributed by atoms with Crippen molar-refractivity contribution in [1.29, 1.82) is 0 Å². The molecule has 1 heterocycles. The monoisotopic (exact) mass is 214 g/mol. The molecule has 16 heavy (non-hydrogen) atoms. The van der Waals surface area contributed by atoms with Gasteiger partial charge in [0.25, 0.3) is 0 Å². The Hall–Kier alpha value is -1.80. The van der Waals surface area contributed by atoms with Crippen molar-refractivity contribution in [1.82, 2.24) is 0 Å². The van der Waals surface area contributed by atoms with Crippen LogP contribution in [0.2, 0.25) is 0 Å². The number of hydrogen-bond donors (Lipinski definition) is 0. The summed E-state index contributed by atoms with van der Waals surface area (Å²) in [5, 5.41) is 0. The third kappa shape index (κ3) is 2.61. The molecule has 0 saturated carbocycles. The van der Waals surface area contributed by atoms with Crippen LogP contribution >= 0.6 is 0 Å². The number of rotatable bonds is 5. The van der Waals surface area contributed by atoms with Crippen molar-refractivity contribution in [2.45, 2.75) is 12.7 Å². The largest absolute Gasteiger partial charge is 0.472 e. The second kappa shape index (κ2) is 5.33. The average molecular weight is 214 g/mol. The van der Waals surface area contributed by atoms with Crippen LogP contribution in [0.5, 0.6) is 0 Å². The lowest BCUT2D eigenvalue weighted by Gasteiger charge is -2.11. The first-order chi connectivity index (χ1) is 7.90. The number of benzene rings is 1. The van der Waals surface area contributed by atoms with Gasteiger partial charge in [0, 0.05) is 5.56 Å². The lowest BCUT2D eigenvalue weighted by molar-refractivity contribution is 0.0717. The van der Waals surface area contributed by atoms with Gasteiger partial charge < -0.3 is 9.15 Å². The molecule has 2 aromatic rings. The van der Waals surface area contributed by atoms with Crippen molar-refractivity contribution in [2.75, 3.05) is 0 Å². The summed E-state index contributed by atoms with van der Waals surface area (Å²) in [6.45, 7) is 4.33. The second-order valence-electron chi connectivity index (χ2n) is 3.51. The zero-order chi connectivity index (χ0) is 11.2. The van der Waals surface area contributed by atoms with E-state index in [-0.39, 0.29) is 6.10 Å². The summed E-state index contributed by atoms with van der Waals surface area (Å²) in [6.07, 6.45) is 4.97. The van der Waals surface area contributed by atoms with Crippen LogP contribution in [-0.4, -0.2) is 0 Å². The average Bonchev–Trinajstić information content (AvgIpc) is 2.85. The summed E-state index contributed by atoms with van der Waals surface area (Å²) >= 11 is 0. The highest BCUT2D eigenvalue weighted by Crippen LogP contribution is 2.20. The molecule has 0 fully saturated rings. The molecule has 2 nitrogen and oxygen atoms in total. The first kappa shape index (κ1) is 10.7. The fourth-order valence-corrected chi connectivity index (χ4v) is 1.50. The van der Waals surface area contributed by atoms with Crippen molar-refractivity contribution in [3.8, 4) is 0 Å². The predicted molar refractivity (Wildman–Crippen MR) is 62.9 cm³/mol. The van der Waals surface area contributed by atoms with Gasteiger partial charge in [-0.1, -0.05) is 36.4 Å². The molecule has 0 amide bonds. The minimum Gasteiger partial charge on any atom is -0.472 e. The molecule has 0 N–H and O–H groups in total. The molecule has 2 heteroatoms. The highest BCUT2D eigenvalue weighted by molar-refractivity contribution is 5.16. The molecular formula is C14H14O2. The van der Waals surface area contributed by atoms with Gasteiger partial charge in [0.05, 0.1) is 19.1 Å². The van der Waals surface area contributed by atoms with Gasteiger partial charge in [-0.2, -0.15) is 0 Å².